The number of hydrogen-bond acceptors (Lipinski definition) is 3. The Hall–Kier alpha value is -0.120. The Kier molecular flexibility index (Phi) is 4.56. The lowest BCUT2D eigenvalue weighted by atomic mass is 10.0. The minimum Gasteiger partial charge on any atom is -0.370 e. The predicted molar refractivity (Wildman–Crippen MR) is 64.2 cm³/mol. The van der Waals surface area contributed by atoms with Crippen LogP contribution in [0.25, 0.3) is 0 Å². The van der Waals surface area contributed by atoms with Crippen molar-refractivity contribution in [3.05, 3.63) is 0 Å². The zero-order valence-electron chi connectivity index (χ0n) is 10.8. The summed E-state index contributed by atoms with van der Waals surface area (Å²) in [5, 5.41) is 3.23. The maximum absolute atomic E-state index is 5.89. The zero-order chi connectivity index (χ0) is 11.5. The standard InChI is InChI=1S/C12H26N2O/c1-10(6-13-5)7-14-8-11(2)15-12(3,4)9-14/h10-11,13H,6-9H2,1-5H3. The first-order valence-electron chi connectivity index (χ1n) is 5.98. The van der Waals surface area contributed by atoms with E-state index in [9.17, 15) is 0 Å². The second kappa shape index (κ2) is 5.28. The van der Waals surface area contributed by atoms with E-state index in [4.69, 9.17) is 4.74 Å². The van der Waals surface area contributed by atoms with Gasteiger partial charge in [-0.3, -0.25) is 4.90 Å². The molecule has 1 fully saturated rings. The fourth-order valence-electron chi connectivity index (χ4n) is 2.58. The van der Waals surface area contributed by atoms with Crippen molar-refractivity contribution < 1.29 is 4.74 Å². The fraction of sp³-hybridized carbons (Fsp3) is 1.00. The Morgan fingerprint density at radius 1 is 1.53 bits per heavy atom. The monoisotopic (exact) mass is 214 g/mol. The van der Waals surface area contributed by atoms with Crippen molar-refractivity contribution in [3.8, 4) is 0 Å². The summed E-state index contributed by atoms with van der Waals surface area (Å²) >= 11 is 0. The molecule has 1 aliphatic heterocycles. The van der Waals surface area contributed by atoms with Gasteiger partial charge in [0, 0.05) is 19.6 Å². The van der Waals surface area contributed by atoms with Gasteiger partial charge in [0.15, 0.2) is 0 Å². The normalized spacial score (nSPS) is 29.0. The molecule has 90 valence electrons. The number of morpholine rings is 1. The first-order chi connectivity index (χ1) is 6.93. The third kappa shape index (κ3) is 4.49. The molecule has 2 atom stereocenters. The molecule has 3 nitrogen and oxygen atoms in total. The number of rotatable bonds is 4. The number of nitrogens with one attached hydrogen (secondary N) is 1. The molecule has 1 rings (SSSR count). The van der Waals surface area contributed by atoms with Gasteiger partial charge in [-0.25, -0.2) is 0 Å². The van der Waals surface area contributed by atoms with Crippen molar-refractivity contribution in [2.75, 3.05) is 33.2 Å². The van der Waals surface area contributed by atoms with Crippen molar-refractivity contribution in [3.63, 3.8) is 0 Å². The summed E-state index contributed by atoms with van der Waals surface area (Å²) < 4.78 is 5.89. The average Bonchev–Trinajstić information content (AvgIpc) is 1.99. The second-order valence-corrected chi connectivity index (χ2v) is 5.55. The summed E-state index contributed by atoms with van der Waals surface area (Å²) in [6.07, 6.45) is 0.357. The van der Waals surface area contributed by atoms with Crippen LogP contribution in [0.5, 0.6) is 0 Å². The molecule has 1 N–H and O–H groups in total. The predicted octanol–water partition coefficient (Wildman–Crippen LogP) is 1.34. The molecule has 15 heavy (non-hydrogen) atoms. The van der Waals surface area contributed by atoms with Crippen molar-refractivity contribution in [2.45, 2.75) is 39.4 Å². The summed E-state index contributed by atoms with van der Waals surface area (Å²) in [6, 6.07) is 0. The van der Waals surface area contributed by atoms with E-state index in [0.29, 0.717) is 12.0 Å². The molecule has 0 aromatic heterocycles. The van der Waals surface area contributed by atoms with Crippen molar-refractivity contribution >= 4 is 0 Å². The minimum absolute atomic E-state index is 0.0109. The molecule has 0 amide bonds. The first kappa shape index (κ1) is 12.9. The van der Waals surface area contributed by atoms with Gasteiger partial charge in [-0.2, -0.15) is 0 Å². The third-order valence-corrected chi connectivity index (χ3v) is 2.76. The lowest BCUT2D eigenvalue weighted by Gasteiger charge is -2.42. The van der Waals surface area contributed by atoms with Crippen LogP contribution in [0.1, 0.15) is 27.7 Å². The van der Waals surface area contributed by atoms with Crippen LogP contribution in [-0.2, 0) is 4.74 Å². The smallest absolute Gasteiger partial charge is 0.0757 e. The van der Waals surface area contributed by atoms with Gasteiger partial charge in [-0.1, -0.05) is 6.92 Å². The highest BCUT2D eigenvalue weighted by Gasteiger charge is 2.31. The van der Waals surface area contributed by atoms with Crippen LogP contribution in [0.2, 0.25) is 0 Å². The van der Waals surface area contributed by atoms with E-state index in [1.54, 1.807) is 0 Å². The topological polar surface area (TPSA) is 24.5 Å². The summed E-state index contributed by atoms with van der Waals surface area (Å²) in [4.78, 5) is 2.52. The molecule has 0 aromatic rings. The highest BCUT2D eigenvalue weighted by Crippen LogP contribution is 2.21. The Bertz CT molecular complexity index is 194. The van der Waals surface area contributed by atoms with Crippen LogP contribution in [0.15, 0.2) is 0 Å². The van der Waals surface area contributed by atoms with E-state index < -0.39 is 0 Å². The Labute approximate surface area is 94.2 Å². The average molecular weight is 214 g/mol. The Balaban J connectivity index is 2.41. The molecular weight excluding hydrogens is 188 g/mol. The van der Waals surface area contributed by atoms with E-state index in [1.807, 2.05) is 7.05 Å². The van der Waals surface area contributed by atoms with Gasteiger partial charge >= 0.3 is 0 Å². The van der Waals surface area contributed by atoms with Gasteiger partial charge < -0.3 is 10.1 Å². The van der Waals surface area contributed by atoms with Crippen molar-refractivity contribution in [1.29, 1.82) is 0 Å². The second-order valence-electron chi connectivity index (χ2n) is 5.55. The molecule has 3 heteroatoms. The quantitative estimate of drug-likeness (QED) is 0.764. The molecule has 1 heterocycles. The maximum Gasteiger partial charge on any atom is 0.0757 e. The molecule has 0 saturated carbocycles. The Morgan fingerprint density at radius 3 is 2.73 bits per heavy atom. The van der Waals surface area contributed by atoms with Crippen molar-refractivity contribution in [1.82, 2.24) is 10.2 Å². The molecule has 0 bridgehead atoms. The van der Waals surface area contributed by atoms with Gasteiger partial charge in [-0.05, 0) is 40.3 Å². The molecule has 1 saturated heterocycles. The SMILES string of the molecule is CNCC(C)CN1CC(C)OC(C)(C)C1. The largest absolute Gasteiger partial charge is 0.370 e. The lowest BCUT2D eigenvalue weighted by molar-refractivity contribution is -0.130. The summed E-state index contributed by atoms with van der Waals surface area (Å²) in [5.41, 5.74) is 0.0109. The number of ether oxygens (including phenoxy) is 1. The molecule has 0 radical (unpaired) electrons. The molecule has 0 aromatic carbocycles. The summed E-state index contributed by atoms with van der Waals surface area (Å²) in [6.45, 7) is 13.2. The van der Waals surface area contributed by atoms with Gasteiger partial charge in [-0.15, -0.1) is 0 Å². The van der Waals surface area contributed by atoms with Gasteiger partial charge in [0.1, 0.15) is 0 Å². The van der Waals surface area contributed by atoms with Gasteiger partial charge in [0.2, 0.25) is 0 Å². The minimum atomic E-state index is 0.0109. The molecule has 0 aliphatic carbocycles. The van der Waals surface area contributed by atoms with E-state index in [2.05, 4.69) is 37.9 Å². The van der Waals surface area contributed by atoms with Gasteiger partial charge in [0.25, 0.3) is 0 Å². The molecule has 1 aliphatic rings. The van der Waals surface area contributed by atoms with E-state index >= 15 is 0 Å². The van der Waals surface area contributed by atoms with Crippen LogP contribution in [-0.4, -0.2) is 49.8 Å². The number of nitrogens with zero attached hydrogens (tertiary/aromatic N) is 1. The lowest BCUT2D eigenvalue weighted by Crippen LogP contribution is -2.53. The zero-order valence-corrected chi connectivity index (χ0v) is 10.8. The summed E-state index contributed by atoms with van der Waals surface area (Å²) in [5.74, 6) is 0.705. The first-order valence-corrected chi connectivity index (χ1v) is 5.98. The van der Waals surface area contributed by atoms with Crippen LogP contribution >= 0.6 is 0 Å². The Morgan fingerprint density at radius 2 is 2.20 bits per heavy atom. The maximum atomic E-state index is 5.89. The van der Waals surface area contributed by atoms with E-state index in [-0.39, 0.29) is 5.60 Å². The molecular formula is C12H26N2O. The highest BCUT2D eigenvalue weighted by atomic mass is 16.5. The summed E-state index contributed by atoms with van der Waals surface area (Å²) in [7, 11) is 2.02. The fourth-order valence-corrected chi connectivity index (χ4v) is 2.58. The molecule has 0 spiro atoms. The van der Waals surface area contributed by atoms with E-state index in [1.165, 1.54) is 0 Å². The van der Waals surface area contributed by atoms with E-state index in [0.717, 1.165) is 26.2 Å². The van der Waals surface area contributed by atoms with Crippen molar-refractivity contribution in [2.24, 2.45) is 5.92 Å². The van der Waals surface area contributed by atoms with Crippen LogP contribution < -0.4 is 5.32 Å². The van der Waals surface area contributed by atoms with Crippen LogP contribution in [0.3, 0.4) is 0 Å². The third-order valence-electron chi connectivity index (χ3n) is 2.76. The number of hydrogen-bond donors (Lipinski definition) is 1. The molecule has 2 unspecified atom stereocenters. The van der Waals surface area contributed by atoms with Gasteiger partial charge in [0.05, 0.1) is 11.7 Å². The van der Waals surface area contributed by atoms with Crippen LogP contribution in [0.4, 0.5) is 0 Å². The highest BCUT2D eigenvalue weighted by molar-refractivity contribution is 4.83. The van der Waals surface area contributed by atoms with Crippen LogP contribution in [0, 0.1) is 5.92 Å².